The number of nitrogens with zero attached hydrogens (tertiary/aromatic N) is 3. The predicted molar refractivity (Wildman–Crippen MR) is 78.2 cm³/mol. The lowest BCUT2D eigenvalue weighted by Gasteiger charge is -2.04. The van der Waals surface area contributed by atoms with E-state index in [0.29, 0.717) is 5.95 Å². The van der Waals surface area contributed by atoms with Gasteiger partial charge in [0.2, 0.25) is 5.95 Å². The number of anilines is 1. The van der Waals surface area contributed by atoms with Crippen LogP contribution in [0, 0.1) is 6.92 Å². The highest BCUT2D eigenvalue weighted by molar-refractivity contribution is 5.95. The molecule has 0 unspecified atom stereocenters. The van der Waals surface area contributed by atoms with Crippen LogP contribution in [0.2, 0.25) is 0 Å². The second-order valence-corrected chi connectivity index (χ2v) is 4.64. The lowest BCUT2D eigenvalue weighted by molar-refractivity contribution is 0.969. The van der Waals surface area contributed by atoms with E-state index in [2.05, 4.69) is 57.4 Å². The number of aromatic nitrogens is 3. The summed E-state index contributed by atoms with van der Waals surface area (Å²) in [6.07, 6.45) is 2.12. The molecule has 4 heteroatoms. The van der Waals surface area contributed by atoms with Crippen LogP contribution in [0.5, 0.6) is 0 Å². The minimum atomic E-state index is 0.655. The Labute approximate surface area is 112 Å². The largest absolute Gasteiger partial charge is 0.357 e. The van der Waals surface area contributed by atoms with Gasteiger partial charge in [0, 0.05) is 42.5 Å². The SMILES string of the molecule is CNc1nc(C)cc(-c2cn(C)c3ccccc23)n1. The normalized spacial score (nSPS) is 10.9. The lowest BCUT2D eigenvalue weighted by Crippen LogP contribution is -1.99. The van der Waals surface area contributed by atoms with E-state index in [1.165, 1.54) is 10.9 Å². The van der Waals surface area contributed by atoms with Crippen molar-refractivity contribution < 1.29 is 0 Å². The minimum Gasteiger partial charge on any atom is -0.357 e. The quantitative estimate of drug-likeness (QED) is 0.762. The van der Waals surface area contributed by atoms with Crippen molar-refractivity contribution in [3.63, 3.8) is 0 Å². The van der Waals surface area contributed by atoms with Crippen molar-refractivity contribution in [3.05, 3.63) is 42.2 Å². The molecule has 1 N–H and O–H groups in total. The predicted octanol–water partition coefficient (Wildman–Crippen LogP) is 2.99. The fourth-order valence-corrected chi connectivity index (χ4v) is 2.36. The fraction of sp³-hybridized carbons (Fsp3) is 0.200. The molecule has 96 valence electrons. The van der Waals surface area contributed by atoms with Gasteiger partial charge in [-0.2, -0.15) is 0 Å². The zero-order chi connectivity index (χ0) is 13.4. The highest BCUT2D eigenvalue weighted by Crippen LogP contribution is 2.29. The molecule has 0 amide bonds. The fourth-order valence-electron chi connectivity index (χ4n) is 2.36. The molecule has 19 heavy (non-hydrogen) atoms. The van der Waals surface area contributed by atoms with Gasteiger partial charge in [0.15, 0.2) is 0 Å². The molecule has 2 heterocycles. The molecule has 0 aliphatic heterocycles. The van der Waals surface area contributed by atoms with E-state index in [0.717, 1.165) is 17.0 Å². The number of aryl methyl sites for hydroxylation is 2. The van der Waals surface area contributed by atoms with Crippen LogP contribution < -0.4 is 5.32 Å². The first-order chi connectivity index (χ1) is 9.19. The molecule has 0 aliphatic rings. The van der Waals surface area contributed by atoms with Crippen LogP contribution in [0.25, 0.3) is 22.2 Å². The summed E-state index contributed by atoms with van der Waals surface area (Å²) in [5.41, 5.74) is 4.26. The summed E-state index contributed by atoms with van der Waals surface area (Å²) in [7, 11) is 3.89. The van der Waals surface area contributed by atoms with E-state index in [1.807, 2.05) is 20.0 Å². The Morgan fingerprint density at radius 1 is 1.16 bits per heavy atom. The molecule has 3 aromatic rings. The van der Waals surface area contributed by atoms with Gasteiger partial charge >= 0.3 is 0 Å². The number of rotatable bonds is 2. The summed E-state index contributed by atoms with van der Waals surface area (Å²) >= 11 is 0. The van der Waals surface area contributed by atoms with Crippen molar-refractivity contribution in [2.45, 2.75) is 6.92 Å². The molecule has 0 aliphatic carbocycles. The van der Waals surface area contributed by atoms with E-state index >= 15 is 0 Å². The van der Waals surface area contributed by atoms with Crippen LogP contribution in [-0.4, -0.2) is 21.6 Å². The average molecular weight is 252 g/mol. The molecule has 0 fully saturated rings. The van der Waals surface area contributed by atoms with Crippen LogP contribution in [0.15, 0.2) is 36.5 Å². The Hall–Kier alpha value is -2.36. The molecular weight excluding hydrogens is 236 g/mol. The first-order valence-corrected chi connectivity index (χ1v) is 6.27. The molecule has 0 spiro atoms. The van der Waals surface area contributed by atoms with Crippen molar-refractivity contribution in [2.24, 2.45) is 7.05 Å². The molecule has 2 aromatic heterocycles. The molecule has 0 saturated carbocycles. The monoisotopic (exact) mass is 252 g/mol. The number of hydrogen-bond donors (Lipinski definition) is 1. The molecule has 4 nitrogen and oxygen atoms in total. The topological polar surface area (TPSA) is 42.7 Å². The van der Waals surface area contributed by atoms with E-state index in [4.69, 9.17) is 0 Å². The number of hydrogen-bond acceptors (Lipinski definition) is 3. The van der Waals surface area contributed by atoms with Gasteiger partial charge in [0.25, 0.3) is 0 Å². The van der Waals surface area contributed by atoms with E-state index in [1.54, 1.807) is 0 Å². The summed E-state index contributed by atoms with van der Waals surface area (Å²) in [6, 6.07) is 10.4. The van der Waals surface area contributed by atoms with Crippen molar-refractivity contribution in [1.29, 1.82) is 0 Å². The summed E-state index contributed by atoms with van der Waals surface area (Å²) in [4.78, 5) is 8.89. The Balaban J connectivity index is 2.27. The molecule has 0 saturated heterocycles. The number of para-hydroxylation sites is 1. The summed E-state index contributed by atoms with van der Waals surface area (Å²) < 4.78 is 2.13. The molecular formula is C15H16N4. The van der Waals surface area contributed by atoms with Gasteiger partial charge in [-0.15, -0.1) is 0 Å². The zero-order valence-corrected chi connectivity index (χ0v) is 11.3. The van der Waals surface area contributed by atoms with Crippen LogP contribution in [0.3, 0.4) is 0 Å². The van der Waals surface area contributed by atoms with Gasteiger partial charge < -0.3 is 9.88 Å². The van der Waals surface area contributed by atoms with Gasteiger partial charge in [-0.3, -0.25) is 0 Å². The van der Waals surface area contributed by atoms with E-state index < -0.39 is 0 Å². The zero-order valence-electron chi connectivity index (χ0n) is 11.3. The maximum absolute atomic E-state index is 4.55. The highest BCUT2D eigenvalue weighted by atomic mass is 15.1. The summed E-state index contributed by atoms with van der Waals surface area (Å²) in [6.45, 7) is 1.98. The number of fused-ring (bicyclic) bond motifs is 1. The van der Waals surface area contributed by atoms with Crippen molar-refractivity contribution in [2.75, 3.05) is 12.4 Å². The van der Waals surface area contributed by atoms with Crippen LogP contribution in [0.1, 0.15) is 5.69 Å². The van der Waals surface area contributed by atoms with Gasteiger partial charge in [-0.1, -0.05) is 18.2 Å². The van der Waals surface area contributed by atoms with Crippen LogP contribution >= 0.6 is 0 Å². The first kappa shape index (κ1) is 11.7. The van der Waals surface area contributed by atoms with Gasteiger partial charge in [-0.25, -0.2) is 9.97 Å². The van der Waals surface area contributed by atoms with E-state index in [9.17, 15) is 0 Å². The smallest absolute Gasteiger partial charge is 0.223 e. The molecule has 0 atom stereocenters. The second kappa shape index (κ2) is 4.39. The third-order valence-corrected chi connectivity index (χ3v) is 3.25. The standard InChI is InChI=1S/C15H16N4/c1-10-8-13(18-15(16-2)17-10)12-9-19(3)14-7-5-4-6-11(12)14/h4-9H,1-3H3,(H,16,17,18). The van der Waals surface area contributed by atoms with Crippen molar-refractivity contribution in [3.8, 4) is 11.3 Å². The van der Waals surface area contributed by atoms with Crippen molar-refractivity contribution >= 4 is 16.9 Å². The van der Waals surface area contributed by atoms with Gasteiger partial charge in [0.05, 0.1) is 5.69 Å². The maximum atomic E-state index is 4.55. The second-order valence-electron chi connectivity index (χ2n) is 4.64. The lowest BCUT2D eigenvalue weighted by atomic mass is 10.1. The highest BCUT2D eigenvalue weighted by Gasteiger charge is 2.10. The Kier molecular flexibility index (Phi) is 2.71. The molecule has 1 aromatic carbocycles. The average Bonchev–Trinajstić information content (AvgIpc) is 2.76. The molecule has 0 bridgehead atoms. The molecule has 0 radical (unpaired) electrons. The van der Waals surface area contributed by atoms with Crippen LogP contribution in [-0.2, 0) is 7.05 Å². The summed E-state index contributed by atoms with van der Waals surface area (Å²) in [5, 5.41) is 4.22. The van der Waals surface area contributed by atoms with Crippen molar-refractivity contribution in [1.82, 2.24) is 14.5 Å². The third-order valence-electron chi connectivity index (χ3n) is 3.25. The minimum absolute atomic E-state index is 0.655. The van der Waals surface area contributed by atoms with Crippen LogP contribution in [0.4, 0.5) is 5.95 Å². The number of nitrogens with one attached hydrogen (secondary N) is 1. The van der Waals surface area contributed by atoms with Gasteiger partial charge in [-0.05, 0) is 19.1 Å². The van der Waals surface area contributed by atoms with E-state index in [-0.39, 0.29) is 0 Å². The maximum Gasteiger partial charge on any atom is 0.223 e. The Morgan fingerprint density at radius 2 is 1.95 bits per heavy atom. The van der Waals surface area contributed by atoms with Gasteiger partial charge in [0.1, 0.15) is 0 Å². The molecule has 3 rings (SSSR count). The summed E-state index contributed by atoms with van der Waals surface area (Å²) in [5.74, 6) is 0.655. The Morgan fingerprint density at radius 3 is 2.74 bits per heavy atom. The first-order valence-electron chi connectivity index (χ1n) is 6.27. The number of benzene rings is 1. The Bertz CT molecular complexity index is 743. The third kappa shape index (κ3) is 1.95.